The van der Waals surface area contributed by atoms with E-state index in [4.69, 9.17) is 0 Å². The Morgan fingerprint density at radius 3 is 2.21 bits per heavy atom. The van der Waals surface area contributed by atoms with Crippen molar-refractivity contribution in [3.05, 3.63) is 84.1 Å². The largest absolute Gasteiger partial charge is 0.351 e. The maximum absolute atomic E-state index is 12.3. The molecule has 0 saturated carbocycles. The zero-order chi connectivity index (χ0) is 20.5. The van der Waals surface area contributed by atoms with Gasteiger partial charge in [-0.3, -0.25) is 4.79 Å². The second-order valence-corrected chi connectivity index (χ2v) is 7.10. The quantitative estimate of drug-likeness (QED) is 0.568. The maximum atomic E-state index is 12.3. The molecule has 1 heterocycles. The zero-order valence-corrected chi connectivity index (χ0v) is 17.0. The molecular formula is C23H27N5O. The summed E-state index contributed by atoms with van der Waals surface area (Å²) in [5.41, 5.74) is 2.51. The van der Waals surface area contributed by atoms with Crippen LogP contribution in [-0.2, 0) is 6.54 Å². The van der Waals surface area contributed by atoms with Crippen LogP contribution in [0.5, 0.6) is 0 Å². The van der Waals surface area contributed by atoms with Gasteiger partial charge in [-0.25, -0.2) is 0 Å². The lowest BCUT2D eigenvalue weighted by molar-refractivity contribution is 0.0946. The molecule has 0 atom stereocenters. The molecule has 150 valence electrons. The van der Waals surface area contributed by atoms with Crippen LogP contribution in [0.1, 0.15) is 22.5 Å². The lowest BCUT2D eigenvalue weighted by atomic mass is 10.2. The summed E-state index contributed by atoms with van der Waals surface area (Å²) in [6, 6.07) is 23.8. The van der Waals surface area contributed by atoms with Gasteiger partial charge in [0.15, 0.2) is 11.5 Å². The maximum Gasteiger partial charge on any atom is 0.271 e. The third kappa shape index (κ3) is 6.12. The van der Waals surface area contributed by atoms with E-state index in [1.807, 2.05) is 68.7 Å². The molecule has 0 radical (unpaired) electrons. The average Bonchev–Trinajstić information content (AvgIpc) is 2.76. The van der Waals surface area contributed by atoms with Crippen LogP contribution in [0.4, 0.5) is 11.5 Å². The molecule has 6 nitrogen and oxygen atoms in total. The van der Waals surface area contributed by atoms with Gasteiger partial charge in [0.05, 0.1) is 0 Å². The van der Waals surface area contributed by atoms with Crippen molar-refractivity contribution in [1.29, 1.82) is 0 Å². The fraction of sp³-hybridized carbons (Fsp3) is 0.261. The predicted octanol–water partition coefficient (Wildman–Crippen LogP) is 3.50. The third-order valence-corrected chi connectivity index (χ3v) is 4.48. The van der Waals surface area contributed by atoms with E-state index in [1.165, 1.54) is 5.56 Å². The molecular weight excluding hydrogens is 362 g/mol. The smallest absolute Gasteiger partial charge is 0.271 e. The highest BCUT2D eigenvalue weighted by atomic mass is 16.1. The molecule has 29 heavy (non-hydrogen) atoms. The van der Waals surface area contributed by atoms with Crippen LogP contribution >= 0.6 is 0 Å². The van der Waals surface area contributed by atoms with Crippen LogP contribution in [0.2, 0.25) is 0 Å². The Morgan fingerprint density at radius 2 is 1.59 bits per heavy atom. The van der Waals surface area contributed by atoms with E-state index in [0.29, 0.717) is 24.6 Å². The lowest BCUT2D eigenvalue weighted by Crippen LogP contribution is -2.28. The van der Waals surface area contributed by atoms with Crippen LogP contribution in [-0.4, -0.2) is 48.2 Å². The summed E-state index contributed by atoms with van der Waals surface area (Å²) in [6.45, 7) is 2.20. The van der Waals surface area contributed by atoms with Gasteiger partial charge in [-0.05, 0) is 56.9 Å². The fourth-order valence-corrected chi connectivity index (χ4v) is 2.96. The molecule has 0 unspecified atom stereocenters. The fourth-order valence-electron chi connectivity index (χ4n) is 2.96. The third-order valence-electron chi connectivity index (χ3n) is 4.48. The Balaban J connectivity index is 1.72. The number of rotatable bonds is 9. The number of carbonyl (C=O) groups excluding carboxylic acids is 1. The van der Waals surface area contributed by atoms with Crippen molar-refractivity contribution in [2.24, 2.45) is 0 Å². The molecule has 6 heteroatoms. The summed E-state index contributed by atoms with van der Waals surface area (Å²) in [4.78, 5) is 16.5. The molecule has 3 rings (SSSR count). The van der Waals surface area contributed by atoms with E-state index in [0.717, 1.165) is 18.7 Å². The Morgan fingerprint density at radius 1 is 0.897 bits per heavy atom. The number of hydrogen-bond acceptors (Lipinski definition) is 5. The van der Waals surface area contributed by atoms with E-state index in [1.54, 1.807) is 6.07 Å². The SMILES string of the molecule is CN(C)CCCNC(=O)c1ccc(N(Cc2ccccc2)c2ccccc2)nn1. The van der Waals surface area contributed by atoms with Crippen LogP contribution in [0.25, 0.3) is 0 Å². The van der Waals surface area contributed by atoms with Gasteiger partial charge in [0.2, 0.25) is 0 Å². The summed E-state index contributed by atoms with van der Waals surface area (Å²) in [7, 11) is 4.03. The molecule has 0 aliphatic carbocycles. The molecule has 2 aromatic carbocycles. The van der Waals surface area contributed by atoms with Gasteiger partial charge < -0.3 is 15.1 Å². The van der Waals surface area contributed by atoms with E-state index in [-0.39, 0.29) is 5.91 Å². The highest BCUT2D eigenvalue weighted by Crippen LogP contribution is 2.25. The van der Waals surface area contributed by atoms with Crippen molar-refractivity contribution in [3.8, 4) is 0 Å². The number of anilines is 2. The van der Waals surface area contributed by atoms with E-state index in [2.05, 4.69) is 37.4 Å². The minimum Gasteiger partial charge on any atom is -0.351 e. The molecule has 0 spiro atoms. The Hall–Kier alpha value is -3.25. The molecule has 1 N–H and O–H groups in total. The number of nitrogens with zero attached hydrogens (tertiary/aromatic N) is 4. The van der Waals surface area contributed by atoms with Crippen molar-refractivity contribution in [1.82, 2.24) is 20.4 Å². The monoisotopic (exact) mass is 389 g/mol. The minimum atomic E-state index is -0.197. The van der Waals surface area contributed by atoms with Gasteiger partial charge in [0, 0.05) is 18.8 Å². The molecule has 3 aromatic rings. The van der Waals surface area contributed by atoms with Crippen LogP contribution in [0.3, 0.4) is 0 Å². The number of hydrogen-bond donors (Lipinski definition) is 1. The van der Waals surface area contributed by atoms with E-state index < -0.39 is 0 Å². The van der Waals surface area contributed by atoms with E-state index in [9.17, 15) is 4.79 Å². The molecule has 0 bridgehead atoms. The summed E-state index contributed by atoms with van der Waals surface area (Å²) < 4.78 is 0. The highest BCUT2D eigenvalue weighted by molar-refractivity contribution is 5.92. The molecule has 1 aromatic heterocycles. The highest BCUT2D eigenvalue weighted by Gasteiger charge is 2.14. The average molecular weight is 390 g/mol. The molecule has 0 fully saturated rings. The van der Waals surface area contributed by atoms with Crippen molar-refractivity contribution in [2.45, 2.75) is 13.0 Å². The van der Waals surface area contributed by atoms with Gasteiger partial charge in [-0.15, -0.1) is 10.2 Å². The van der Waals surface area contributed by atoms with E-state index >= 15 is 0 Å². The molecule has 1 amide bonds. The predicted molar refractivity (Wildman–Crippen MR) is 116 cm³/mol. The first kappa shape index (κ1) is 20.5. The zero-order valence-electron chi connectivity index (χ0n) is 17.0. The first-order valence-electron chi connectivity index (χ1n) is 9.76. The topological polar surface area (TPSA) is 61.4 Å². The Bertz CT molecular complexity index is 882. The number of nitrogens with one attached hydrogen (secondary N) is 1. The Kier molecular flexibility index (Phi) is 7.30. The van der Waals surface area contributed by atoms with Crippen molar-refractivity contribution < 1.29 is 4.79 Å². The number of carbonyl (C=O) groups is 1. The van der Waals surface area contributed by atoms with Gasteiger partial charge in [-0.2, -0.15) is 0 Å². The van der Waals surface area contributed by atoms with Crippen molar-refractivity contribution in [3.63, 3.8) is 0 Å². The summed E-state index contributed by atoms with van der Waals surface area (Å²) in [5, 5.41) is 11.4. The van der Waals surface area contributed by atoms with Crippen LogP contribution in [0.15, 0.2) is 72.8 Å². The summed E-state index contributed by atoms with van der Waals surface area (Å²) >= 11 is 0. The lowest BCUT2D eigenvalue weighted by Gasteiger charge is -2.23. The molecule has 0 aliphatic heterocycles. The number of para-hydroxylation sites is 1. The van der Waals surface area contributed by atoms with Crippen LogP contribution < -0.4 is 10.2 Å². The summed E-state index contributed by atoms with van der Waals surface area (Å²) in [6.07, 6.45) is 0.892. The standard InChI is InChI=1S/C23H27N5O/c1-27(2)17-9-16-24-23(29)21-14-15-22(26-25-21)28(20-12-7-4-8-13-20)18-19-10-5-3-6-11-19/h3-8,10-15H,9,16-18H2,1-2H3,(H,24,29). The minimum absolute atomic E-state index is 0.197. The van der Waals surface area contributed by atoms with Crippen molar-refractivity contribution >= 4 is 17.4 Å². The summed E-state index contributed by atoms with van der Waals surface area (Å²) in [5.74, 6) is 0.501. The normalized spacial score (nSPS) is 10.7. The molecule has 0 aliphatic rings. The van der Waals surface area contributed by atoms with Gasteiger partial charge >= 0.3 is 0 Å². The van der Waals surface area contributed by atoms with Gasteiger partial charge in [0.25, 0.3) is 5.91 Å². The first-order valence-corrected chi connectivity index (χ1v) is 9.76. The van der Waals surface area contributed by atoms with Crippen LogP contribution in [0, 0.1) is 0 Å². The van der Waals surface area contributed by atoms with Gasteiger partial charge in [0.1, 0.15) is 0 Å². The number of benzene rings is 2. The number of aromatic nitrogens is 2. The second kappa shape index (κ2) is 10.3. The van der Waals surface area contributed by atoms with Crippen molar-refractivity contribution in [2.75, 3.05) is 32.1 Å². The number of amides is 1. The first-order chi connectivity index (χ1) is 14.1. The molecule has 0 saturated heterocycles. The van der Waals surface area contributed by atoms with Gasteiger partial charge in [-0.1, -0.05) is 48.5 Å². The Labute approximate surface area is 172 Å². The second-order valence-electron chi connectivity index (χ2n) is 7.10.